The van der Waals surface area contributed by atoms with E-state index < -0.39 is 5.97 Å². The summed E-state index contributed by atoms with van der Waals surface area (Å²) in [4.78, 5) is 16.0. The molecule has 0 spiro atoms. The van der Waals surface area contributed by atoms with E-state index in [1.165, 1.54) is 11.0 Å². The van der Waals surface area contributed by atoms with Gasteiger partial charge in [-0.2, -0.15) is 4.68 Å². The van der Waals surface area contributed by atoms with Gasteiger partial charge < -0.3 is 24.1 Å². The van der Waals surface area contributed by atoms with E-state index in [0.29, 0.717) is 42.0 Å². The minimum Gasteiger partial charge on any atom is -0.483 e. The summed E-state index contributed by atoms with van der Waals surface area (Å²) >= 11 is 1.11. The minimum atomic E-state index is -1.00. The number of fused-ring (bicyclic) bond motifs is 1. The highest BCUT2D eigenvalue weighted by molar-refractivity contribution is 7.17. The SMILES string of the molecule is C=CCO[C@H]1CO[C@H]2[C@@H]1OC[C@@H]2Oc1ccc(-c2nc(C)c(C(=O)O)s2)cc1-n1cnnn1. The van der Waals surface area contributed by atoms with E-state index in [1.54, 1.807) is 19.1 Å². The Balaban J connectivity index is 1.42. The fourth-order valence-electron chi connectivity index (χ4n) is 3.95. The van der Waals surface area contributed by atoms with E-state index in [0.717, 1.165) is 16.9 Å². The van der Waals surface area contributed by atoms with Crippen LogP contribution in [0, 0.1) is 6.92 Å². The Morgan fingerprint density at radius 2 is 2.12 bits per heavy atom. The first-order valence-corrected chi connectivity index (χ1v) is 11.1. The second-order valence-electron chi connectivity index (χ2n) is 7.59. The maximum absolute atomic E-state index is 11.4. The van der Waals surface area contributed by atoms with Crippen LogP contribution in [0.3, 0.4) is 0 Å². The molecule has 1 N–H and O–H groups in total. The molecule has 2 saturated heterocycles. The Labute approximate surface area is 192 Å². The fourth-order valence-corrected chi connectivity index (χ4v) is 4.85. The number of ether oxygens (including phenoxy) is 4. The number of nitrogens with zero attached hydrogens (tertiary/aromatic N) is 5. The van der Waals surface area contributed by atoms with Gasteiger partial charge in [0.05, 0.1) is 25.5 Å². The highest BCUT2D eigenvalue weighted by Crippen LogP contribution is 2.36. The molecule has 3 aromatic rings. The van der Waals surface area contributed by atoms with Gasteiger partial charge in [0.1, 0.15) is 46.0 Å². The molecule has 0 amide bonds. The number of carboxylic acids is 1. The van der Waals surface area contributed by atoms with Crippen LogP contribution in [0.15, 0.2) is 37.2 Å². The Morgan fingerprint density at radius 3 is 2.82 bits per heavy atom. The zero-order valence-electron chi connectivity index (χ0n) is 17.7. The summed E-state index contributed by atoms with van der Waals surface area (Å²) < 4.78 is 25.3. The lowest BCUT2D eigenvalue weighted by molar-refractivity contribution is -0.0258. The van der Waals surface area contributed by atoms with Crippen molar-refractivity contribution in [3.05, 3.63) is 47.8 Å². The van der Waals surface area contributed by atoms with Crippen molar-refractivity contribution in [3.63, 3.8) is 0 Å². The van der Waals surface area contributed by atoms with E-state index in [4.69, 9.17) is 18.9 Å². The quantitative estimate of drug-likeness (QED) is 0.486. The van der Waals surface area contributed by atoms with E-state index >= 15 is 0 Å². The van der Waals surface area contributed by atoms with Gasteiger partial charge in [-0.25, -0.2) is 9.78 Å². The number of benzene rings is 1. The van der Waals surface area contributed by atoms with Crippen LogP contribution >= 0.6 is 11.3 Å². The monoisotopic (exact) mass is 471 g/mol. The van der Waals surface area contributed by atoms with Crippen molar-refractivity contribution in [2.24, 2.45) is 0 Å². The van der Waals surface area contributed by atoms with E-state index in [9.17, 15) is 9.90 Å². The normalized spacial score (nSPS) is 24.0. The summed E-state index contributed by atoms with van der Waals surface area (Å²) in [5, 5.41) is 21.4. The van der Waals surface area contributed by atoms with Crippen molar-refractivity contribution in [2.45, 2.75) is 31.3 Å². The van der Waals surface area contributed by atoms with Crippen molar-refractivity contribution in [2.75, 3.05) is 19.8 Å². The van der Waals surface area contributed by atoms with Crippen molar-refractivity contribution in [1.82, 2.24) is 25.2 Å². The molecule has 2 fully saturated rings. The molecule has 1 aromatic carbocycles. The predicted molar refractivity (Wildman–Crippen MR) is 116 cm³/mol. The maximum atomic E-state index is 11.4. The number of aromatic carboxylic acids is 1. The van der Waals surface area contributed by atoms with Crippen LogP contribution in [0.1, 0.15) is 15.4 Å². The number of hydrogen-bond donors (Lipinski definition) is 1. The number of aryl methyl sites for hydroxylation is 1. The van der Waals surface area contributed by atoms with Gasteiger partial charge in [0.15, 0.2) is 6.10 Å². The minimum absolute atomic E-state index is 0.167. The lowest BCUT2D eigenvalue weighted by Crippen LogP contribution is -2.35. The smallest absolute Gasteiger partial charge is 0.347 e. The Bertz CT molecular complexity index is 1170. The molecule has 4 heterocycles. The third-order valence-corrected chi connectivity index (χ3v) is 6.66. The standard InChI is InChI=1S/C21H21N5O6S/c1-3-6-29-15-8-30-18-16(9-31-17(15)18)32-14-5-4-12(7-13(14)26-10-22-24-25-26)20-23-11(2)19(33-20)21(27)28/h3-5,7,10,15-18H,1,6,8-9H2,2H3,(H,27,28)/t15-,16-,17+,18+/m0/s1. The van der Waals surface area contributed by atoms with Crippen molar-refractivity contribution >= 4 is 17.3 Å². The summed E-state index contributed by atoms with van der Waals surface area (Å²) in [6.45, 7) is 6.56. The first-order valence-electron chi connectivity index (χ1n) is 10.3. The van der Waals surface area contributed by atoms with Crippen LogP contribution in [-0.4, -0.2) is 80.5 Å². The van der Waals surface area contributed by atoms with E-state index in [-0.39, 0.29) is 29.3 Å². The summed E-state index contributed by atoms with van der Waals surface area (Å²) in [6.07, 6.45) is 2.17. The third-order valence-electron chi connectivity index (χ3n) is 5.46. The predicted octanol–water partition coefficient (Wildman–Crippen LogP) is 1.91. The van der Waals surface area contributed by atoms with Crippen LogP contribution in [0.5, 0.6) is 5.75 Å². The molecule has 0 unspecified atom stereocenters. The number of rotatable bonds is 8. The highest BCUT2D eigenvalue weighted by atomic mass is 32.1. The lowest BCUT2D eigenvalue weighted by atomic mass is 10.1. The second kappa shape index (κ2) is 8.98. The van der Waals surface area contributed by atoms with Crippen LogP contribution in [0.25, 0.3) is 16.3 Å². The van der Waals surface area contributed by atoms with E-state index in [1.807, 2.05) is 12.1 Å². The summed E-state index contributed by atoms with van der Waals surface area (Å²) in [5.74, 6) is -0.467. The Hall–Kier alpha value is -3.19. The number of aromatic nitrogens is 5. The van der Waals surface area contributed by atoms with Gasteiger partial charge in [0, 0.05) is 5.56 Å². The van der Waals surface area contributed by atoms with Gasteiger partial charge in [-0.3, -0.25) is 0 Å². The first kappa shape index (κ1) is 21.6. The molecule has 0 radical (unpaired) electrons. The van der Waals surface area contributed by atoms with Gasteiger partial charge in [0.25, 0.3) is 0 Å². The average Bonchev–Trinajstić information content (AvgIpc) is 3.59. The maximum Gasteiger partial charge on any atom is 0.347 e. The van der Waals surface area contributed by atoms with Gasteiger partial charge in [-0.15, -0.1) is 23.0 Å². The van der Waals surface area contributed by atoms with Crippen molar-refractivity contribution in [3.8, 4) is 22.0 Å². The van der Waals surface area contributed by atoms with E-state index in [2.05, 4.69) is 27.1 Å². The van der Waals surface area contributed by atoms with Gasteiger partial charge >= 0.3 is 5.97 Å². The molecule has 0 aliphatic carbocycles. The molecular weight excluding hydrogens is 450 g/mol. The second-order valence-corrected chi connectivity index (χ2v) is 8.59. The fraction of sp³-hybridized carbons (Fsp3) is 0.381. The van der Waals surface area contributed by atoms with Gasteiger partial charge in [0.2, 0.25) is 0 Å². The molecule has 2 aromatic heterocycles. The van der Waals surface area contributed by atoms with Crippen LogP contribution in [0.2, 0.25) is 0 Å². The number of hydrogen-bond acceptors (Lipinski definition) is 10. The lowest BCUT2D eigenvalue weighted by Gasteiger charge is -2.20. The van der Waals surface area contributed by atoms with Gasteiger partial charge in [-0.05, 0) is 35.5 Å². The highest BCUT2D eigenvalue weighted by Gasteiger charge is 2.49. The zero-order chi connectivity index (χ0) is 22.9. The summed E-state index contributed by atoms with van der Waals surface area (Å²) in [6, 6.07) is 5.43. The molecule has 0 saturated carbocycles. The van der Waals surface area contributed by atoms with Crippen LogP contribution in [-0.2, 0) is 14.2 Å². The number of carboxylic acid groups (broad SMARTS) is 1. The van der Waals surface area contributed by atoms with Crippen molar-refractivity contribution < 1.29 is 28.8 Å². The molecule has 4 atom stereocenters. The Kier molecular flexibility index (Phi) is 5.89. The molecule has 33 heavy (non-hydrogen) atoms. The zero-order valence-corrected chi connectivity index (χ0v) is 18.5. The van der Waals surface area contributed by atoms with Crippen LogP contribution < -0.4 is 4.74 Å². The number of carbonyl (C=O) groups is 1. The molecule has 11 nitrogen and oxygen atoms in total. The van der Waals surface area contributed by atoms with Crippen LogP contribution in [0.4, 0.5) is 0 Å². The topological polar surface area (TPSA) is 131 Å². The largest absolute Gasteiger partial charge is 0.483 e. The molecule has 2 aliphatic rings. The molecule has 12 heteroatoms. The summed E-state index contributed by atoms with van der Waals surface area (Å²) in [5.41, 5.74) is 1.78. The molecule has 0 bridgehead atoms. The Morgan fingerprint density at radius 1 is 1.33 bits per heavy atom. The average molecular weight is 471 g/mol. The number of thiazole rings is 1. The first-order chi connectivity index (χ1) is 16.0. The third kappa shape index (κ3) is 4.13. The molecule has 5 rings (SSSR count). The molecule has 172 valence electrons. The molecule has 2 aliphatic heterocycles. The molecular formula is C21H21N5O6S. The van der Waals surface area contributed by atoms with Gasteiger partial charge in [-0.1, -0.05) is 6.08 Å². The van der Waals surface area contributed by atoms with Crippen molar-refractivity contribution in [1.29, 1.82) is 0 Å². The number of tetrazole rings is 1. The summed E-state index contributed by atoms with van der Waals surface area (Å²) in [7, 11) is 0.